The lowest BCUT2D eigenvalue weighted by atomic mass is 10.1. The molecule has 0 bridgehead atoms. The Balaban J connectivity index is 0.000000271. The van der Waals surface area contributed by atoms with Gasteiger partial charge in [-0.2, -0.15) is 0 Å². The van der Waals surface area contributed by atoms with Crippen LogP contribution in [-0.2, 0) is 11.3 Å². The second kappa shape index (κ2) is 13.8. The van der Waals surface area contributed by atoms with Crippen molar-refractivity contribution in [1.29, 1.82) is 0 Å². The van der Waals surface area contributed by atoms with Gasteiger partial charge in [0.25, 0.3) is 5.56 Å². The molecule has 27 heavy (non-hydrogen) atoms. The van der Waals surface area contributed by atoms with Crippen LogP contribution in [0.4, 0.5) is 5.69 Å². The van der Waals surface area contributed by atoms with E-state index < -0.39 is 0 Å². The third-order valence-electron chi connectivity index (χ3n) is 3.88. The van der Waals surface area contributed by atoms with Crippen LogP contribution in [0.3, 0.4) is 0 Å². The van der Waals surface area contributed by atoms with Crippen LogP contribution in [0.1, 0.15) is 58.8 Å². The molecule has 7 heteroatoms. The standard InChI is InChI=1S/C11H19NOS.C9H9Cl2NO/c1-2-3-4-5-6-7-9-12-11(13)8-10-14-12;1-2-9(13)12-6-3-4-7(10)8(11)5-6/h8,10H,2-7,9H2,1H3;3-5H,2H2,1H3,(H,12,13). The fraction of sp³-hybridized carbons (Fsp3) is 0.500. The Kier molecular flexibility index (Phi) is 12.1. The molecule has 0 saturated carbocycles. The molecule has 0 aliphatic carbocycles. The number of aryl methyl sites for hydroxylation is 1. The molecule has 0 aliphatic rings. The van der Waals surface area contributed by atoms with Crippen molar-refractivity contribution in [3.63, 3.8) is 0 Å². The van der Waals surface area contributed by atoms with E-state index in [0.717, 1.165) is 13.0 Å². The number of nitrogens with one attached hydrogen (secondary N) is 1. The quantitative estimate of drug-likeness (QED) is 0.454. The second-order valence-electron chi connectivity index (χ2n) is 6.15. The number of carbonyl (C=O) groups excluding carboxylic acids is 1. The first-order valence-electron chi connectivity index (χ1n) is 9.37. The molecule has 1 aromatic heterocycles. The Labute approximate surface area is 175 Å². The first kappa shape index (κ1) is 23.7. The van der Waals surface area contributed by atoms with E-state index >= 15 is 0 Å². The van der Waals surface area contributed by atoms with Gasteiger partial charge in [-0.25, -0.2) is 0 Å². The van der Waals surface area contributed by atoms with Gasteiger partial charge in [0.15, 0.2) is 0 Å². The van der Waals surface area contributed by atoms with Gasteiger partial charge in [0.05, 0.1) is 10.0 Å². The number of rotatable bonds is 9. The number of nitrogens with zero attached hydrogens (tertiary/aromatic N) is 1. The van der Waals surface area contributed by atoms with Gasteiger partial charge in [-0.15, -0.1) is 0 Å². The van der Waals surface area contributed by atoms with Crippen molar-refractivity contribution in [2.45, 2.75) is 65.3 Å². The van der Waals surface area contributed by atoms with Gasteiger partial charge in [-0.3, -0.25) is 13.5 Å². The van der Waals surface area contributed by atoms with E-state index in [4.69, 9.17) is 23.2 Å². The summed E-state index contributed by atoms with van der Waals surface area (Å²) in [4.78, 5) is 22.1. The molecule has 0 spiro atoms. The molecule has 2 rings (SSSR count). The molecule has 0 radical (unpaired) electrons. The average molecular weight is 431 g/mol. The first-order chi connectivity index (χ1) is 13.0. The minimum absolute atomic E-state index is 0.0432. The molecular formula is C20H28Cl2N2O2S. The number of benzene rings is 1. The number of amides is 1. The summed E-state index contributed by atoms with van der Waals surface area (Å²) in [6.45, 7) is 4.92. The minimum Gasteiger partial charge on any atom is -0.326 e. The summed E-state index contributed by atoms with van der Waals surface area (Å²) >= 11 is 13.0. The Morgan fingerprint density at radius 3 is 2.33 bits per heavy atom. The molecule has 0 atom stereocenters. The van der Waals surface area contributed by atoms with E-state index in [1.807, 2.05) is 9.34 Å². The van der Waals surface area contributed by atoms with Crippen LogP contribution in [0.2, 0.25) is 10.0 Å². The number of anilines is 1. The fourth-order valence-electron chi connectivity index (χ4n) is 2.32. The summed E-state index contributed by atoms with van der Waals surface area (Å²) in [7, 11) is 0. The number of halogens is 2. The Hall–Kier alpha value is -1.30. The van der Waals surface area contributed by atoms with Gasteiger partial charge in [0.1, 0.15) is 0 Å². The number of hydrogen-bond donors (Lipinski definition) is 1. The van der Waals surface area contributed by atoms with Gasteiger partial charge in [0.2, 0.25) is 5.91 Å². The SMILES string of the molecule is CCC(=O)Nc1ccc(Cl)c(Cl)c1.CCCCCCCCn1sccc1=O. The van der Waals surface area contributed by atoms with Crippen LogP contribution in [0.25, 0.3) is 0 Å². The van der Waals surface area contributed by atoms with E-state index in [-0.39, 0.29) is 11.5 Å². The van der Waals surface area contributed by atoms with Gasteiger partial charge in [-0.05, 0) is 24.6 Å². The monoisotopic (exact) mass is 430 g/mol. The maximum Gasteiger partial charge on any atom is 0.260 e. The summed E-state index contributed by atoms with van der Waals surface area (Å²) in [6.07, 6.45) is 8.14. The molecule has 1 aromatic carbocycles. The van der Waals surface area contributed by atoms with Gasteiger partial charge in [-0.1, -0.05) is 80.7 Å². The van der Waals surface area contributed by atoms with Crippen molar-refractivity contribution >= 4 is 46.3 Å². The molecule has 0 saturated heterocycles. The van der Waals surface area contributed by atoms with E-state index in [0.29, 0.717) is 22.2 Å². The minimum atomic E-state index is -0.0432. The summed E-state index contributed by atoms with van der Waals surface area (Å²) in [5.41, 5.74) is 0.824. The van der Waals surface area contributed by atoms with Crippen LogP contribution in [0.5, 0.6) is 0 Å². The van der Waals surface area contributed by atoms with Crippen LogP contribution in [0, 0.1) is 0 Å². The average Bonchev–Trinajstić information content (AvgIpc) is 3.06. The zero-order chi connectivity index (χ0) is 20.1. The van der Waals surface area contributed by atoms with Crippen molar-refractivity contribution in [3.8, 4) is 0 Å². The highest BCUT2D eigenvalue weighted by molar-refractivity contribution is 7.04. The van der Waals surface area contributed by atoms with Gasteiger partial charge < -0.3 is 5.32 Å². The van der Waals surface area contributed by atoms with Crippen molar-refractivity contribution in [3.05, 3.63) is 50.0 Å². The lowest BCUT2D eigenvalue weighted by Crippen LogP contribution is -2.11. The van der Waals surface area contributed by atoms with E-state index in [1.54, 1.807) is 31.2 Å². The van der Waals surface area contributed by atoms with Crippen molar-refractivity contribution < 1.29 is 4.79 Å². The van der Waals surface area contributed by atoms with Crippen LogP contribution >= 0.6 is 34.7 Å². The molecule has 150 valence electrons. The highest BCUT2D eigenvalue weighted by Crippen LogP contribution is 2.24. The smallest absolute Gasteiger partial charge is 0.260 e. The number of hydrogen-bond acceptors (Lipinski definition) is 3. The first-order valence-corrected chi connectivity index (χ1v) is 11.0. The lowest BCUT2D eigenvalue weighted by molar-refractivity contribution is -0.115. The maximum atomic E-state index is 11.2. The molecule has 1 N–H and O–H groups in total. The molecule has 2 aromatic rings. The molecule has 4 nitrogen and oxygen atoms in total. The number of aromatic nitrogens is 1. The Morgan fingerprint density at radius 1 is 1.04 bits per heavy atom. The van der Waals surface area contributed by atoms with Crippen LogP contribution in [-0.4, -0.2) is 9.86 Å². The van der Waals surface area contributed by atoms with Crippen LogP contribution < -0.4 is 10.9 Å². The normalized spacial score (nSPS) is 10.2. The van der Waals surface area contributed by atoms with E-state index in [2.05, 4.69) is 12.2 Å². The van der Waals surface area contributed by atoms with E-state index in [9.17, 15) is 9.59 Å². The molecule has 1 heterocycles. The van der Waals surface area contributed by atoms with Crippen molar-refractivity contribution in [1.82, 2.24) is 3.96 Å². The molecule has 0 aliphatic heterocycles. The number of carbonyl (C=O) groups is 1. The Morgan fingerprint density at radius 2 is 1.74 bits per heavy atom. The second-order valence-corrected chi connectivity index (χ2v) is 7.89. The number of unbranched alkanes of at least 4 members (excludes halogenated alkanes) is 5. The maximum absolute atomic E-state index is 11.2. The van der Waals surface area contributed by atoms with Gasteiger partial charge in [0, 0.05) is 30.1 Å². The molecule has 0 unspecified atom stereocenters. The highest BCUT2D eigenvalue weighted by Gasteiger charge is 2.01. The fourth-order valence-corrected chi connectivity index (χ4v) is 3.34. The third-order valence-corrected chi connectivity index (χ3v) is 5.50. The van der Waals surface area contributed by atoms with E-state index in [1.165, 1.54) is 43.6 Å². The largest absolute Gasteiger partial charge is 0.326 e. The molecule has 0 fully saturated rings. The molecule has 1 amide bonds. The summed E-state index contributed by atoms with van der Waals surface area (Å²) in [6, 6.07) is 6.62. The predicted octanol–water partition coefficient (Wildman–Crippen LogP) is 6.61. The van der Waals surface area contributed by atoms with Crippen molar-refractivity contribution in [2.24, 2.45) is 0 Å². The zero-order valence-corrected chi connectivity index (χ0v) is 18.3. The zero-order valence-electron chi connectivity index (χ0n) is 16.0. The van der Waals surface area contributed by atoms with Gasteiger partial charge >= 0.3 is 0 Å². The highest BCUT2D eigenvalue weighted by atomic mass is 35.5. The summed E-state index contributed by atoms with van der Waals surface area (Å²) < 4.78 is 1.83. The predicted molar refractivity (Wildman–Crippen MR) is 117 cm³/mol. The summed E-state index contributed by atoms with van der Waals surface area (Å²) in [5, 5.41) is 5.46. The third kappa shape index (κ3) is 9.99. The Bertz CT molecular complexity index is 744. The lowest BCUT2D eigenvalue weighted by Gasteiger charge is -2.04. The van der Waals surface area contributed by atoms with Crippen LogP contribution in [0.15, 0.2) is 34.4 Å². The van der Waals surface area contributed by atoms with Crippen molar-refractivity contribution in [2.75, 3.05) is 5.32 Å². The molecular weight excluding hydrogens is 403 g/mol. The summed E-state index contributed by atoms with van der Waals surface area (Å²) in [5.74, 6) is -0.0432. The topological polar surface area (TPSA) is 51.1 Å².